The third-order valence-corrected chi connectivity index (χ3v) is 4.42. The SMILES string of the molecule is COc1ccc(-c2noc(CCCC(=O)N3CCNCC3C)n2)cc1. The van der Waals surface area contributed by atoms with Crippen LogP contribution in [0.4, 0.5) is 0 Å². The molecule has 2 heterocycles. The first-order valence-electron chi connectivity index (χ1n) is 8.64. The fourth-order valence-corrected chi connectivity index (χ4v) is 2.96. The standard InChI is InChI=1S/C18H24N4O3/c1-13-12-19-10-11-22(13)17(23)5-3-4-16-20-18(21-25-16)14-6-8-15(24-2)9-7-14/h6-9,13,19H,3-5,10-12H2,1-2H3. The number of ether oxygens (including phenoxy) is 1. The predicted molar refractivity (Wildman–Crippen MR) is 93.3 cm³/mol. The topological polar surface area (TPSA) is 80.5 Å². The zero-order valence-corrected chi connectivity index (χ0v) is 14.7. The minimum Gasteiger partial charge on any atom is -0.497 e. The number of nitrogens with zero attached hydrogens (tertiary/aromatic N) is 3. The van der Waals surface area contributed by atoms with Gasteiger partial charge in [-0.2, -0.15) is 4.98 Å². The van der Waals surface area contributed by atoms with Gasteiger partial charge in [-0.1, -0.05) is 5.16 Å². The maximum Gasteiger partial charge on any atom is 0.226 e. The average Bonchev–Trinajstić information content (AvgIpc) is 3.11. The molecular formula is C18H24N4O3. The molecule has 134 valence electrons. The summed E-state index contributed by atoms with van der Waals surface area (Å²) in [4.78, 5) is 18.7. The lowest BCUT2D eigenvalue weighted by Gasteiger charge is -2.34. The molecule has 1 unspecified atom stereocenters. The summed E-state index contributed by atoms with van der Waals surface area (Å²) in [6.45, 7) is 4.58. The van der Waals surface area contributed by atoms with E-state index in [0.29, 0.717) is 31.0 Å². The molecule has 1 aliphatic rings. The molecule has 0 radical (unpaired) electrons. The van der Waals surface area contributed by atoms with Gasteiger partial charge in [-0.25, -0.2) is 0 Å². The van der Waals surface area contributed by atoms with E-state index in [1.54, 1.807) is 7.11 Å². The Morgan fingerprint density at radius 2 is 2.20 bits per heavy atom. The van der Waals surface area contributed by atoms with Gasteiger partial charge in [0.15, 0.2) is 0 Å². The van der Waals surface area contributed by atoms with Crippen molar-refractivity contribution in [3.63, 3.8) is 0 Å². The number of hydrogen-bond donors (Lipinski definition) is 1. The van der Waals surface area contributed by atoms with E-state index in [4.69, 9.17) is 9.26 Å². The van der Waals surface area contributed by atoms with Crippen LogP contribution in [0, 0.1) is 0 Å². The minimum atomic E-state index is 0.198. The van der Waals surface area contributed by atoms with E-state index in [0.717, 1.165) is 30.9 Å². The molecule has 1 amide bonds. The number of aryl methyl sites for hydroxylation is 1. The second kappa shape index (κ2) is 8.11. The quantitative estimate of drug-likeness (QED) is 0.862. The van der Waals surface area contributed by atoms with Crippen LogP contribution in [0.1, 0.15) is 25.7 Å². The van der Waals surface area contributed by atoms with Crippen LogP contribution >= 0.6 is 0 Å². The number of carbonyl (C=O) groups excluding carboxylic acids is 1. The van der Waals surface area contributed by atoms with E-state index in [-0.39, 0.29) is 11.9 Å². The smallest absolute Gasteiger partial charge is 0.226 e. The summed E-state index contributed by atoms with van der Waals surface area (Å²) in [7, 11) is 1.63. The van der Waals surface area contributed by atoms with Crippen molar-refractivity contribution in [3.05, 3.63) is 30.2 Å². The molecule has 1 fully saturated rings. The second-order valence-electron chi connectivity index (χ2n) is 6.23. The van der Waals surface area contributed by atoms with Gasteiger partial charge in [0.25, 0.3) is 0 Å². The average molecular weight is 344 g/mol. The Kier molecular flexibility index (Phi) is 5.65. The molecule has 1 aromatic heterocycles. The van der Waals surface area contributed by atoms with Crippen molar-refractivity contribution in [2.45, 2.75) is 32.2 Å². The largest absolute Gasteiger partial charge is 0.497 e. The van der Waals surface area contributed by atoms with E-state index >= 15 is 0 Å². The summed E-state index contributed by atoms with van der Waals surface area (Å²) in [6.07, 6.45) is 1.82. The first kappa shape index (κ1) is 17.4. The molecular weight excluding hydrogens is 320 g/mol. The number of amides is 1. The molecule has 0 spiro atoms. The van der Waals surface area contributed by atoms with E-state index in [9.17, 15) is 4.79 Å². The summed E-state index contributed by atoms with van der Waals surface area (Å²) in [5.41, 5.74) is 0.876. The van der Waals surface area contributed by atoms with Crippen molar-refractivity contribution in [3.8, 4) is 17.1 Å². The lowest BCUT2D eigenvalue weighted by molar-refractivity contribution is -0.134. The van der Waals surface area contributed by atoms with Crippen LogP contribution in [0.3, 0.4) is 0 Å². The maximum atomic E-state index is 12.3. The zero-order valence-electron chi connectivity index (χ0n) is 14.7. The van der Waals surface area contributed by atoms with Crippen molar-refractivity contribution in [2.75, 3.05) is 26.7 Å². The highest BCUT2D eigenvalue weighted by Crippen LogP contribution is 2.20. The van der Waals surface area contributed by atoms with Gasteiger partial charge in [0.05, 0.1) is 7.11 Å². The molecule has 0 bridgehead atoms. The third kappa shape index (κ3) is 4.36. The van der Waals surface area contributed by atoms with Gasteiger partial charge >= 0.3 is 0 Å². The molecule has 0 aliphatic carbocycles. The Hall–Kier alpha value is -2.41. The molecule has 25 heavy (non-hydrogen) atoms. The first-order valence-corrected chi connectivity index (χ1v) is 8.64. The second-order valence-corrected chi connectivity index (χ2v) is 6.23. The van der Waals surface area contributed by atoms with E-state index in [1.807, 2.05) is 29.2 Å². The van der Waals surface area contributed by atoms with Crippen LogP contribution in [0.5, 0.6) is 5.75 Å². The number of piperazine rings is 1. The van der Waals surface area contributed by atoms with Gasteiger partial charge in [-0.05, 0) is 37.6 Å². The molecule has 1 saturated heterocycles. The summed E-state index contributed by atoms with van der Waals surface area (Å²) in [5.74, 6) is 2.10. The van der Waals surface area contributed by atoms with Crippen LogP contribution in [0.15, 0.2) is 28.8 Å². The lowest BCUT2D eigenvalue weighted by Crippen LogP contribution is -2.52. The molecule has 2 aromatic rings. The van der Waals surface area contributed by atoms with Crippen LogP contribution in [-0.2, 0) is 11.2 Å². The molecule has 0 saturated carbocycles. The number of nitrogens with one attached hydrogen (secondary N) is 1. The summed E-state index contributed by atoms with van der Waals surface area (Å²) >= 11 is 0. The van der Waals surface area contributed by atoms with Crippen LogP contribution in [-0.4, -0.2) is 53.7 Å². The third-order valence-electron chi connectivity index (χ3n) is 4.42. The minimum absolute atomic E-state index is 0.198. The number of benzene rings is 1. The number of methoxy groups -OCH3 is 1. The number of carbonyl (C=O) groups is 1. The van der Waals surface area contributed by atoms with Crippen molar-refractivity contribution in [1.82, 2.24) is 20.4 Å². The van der Waals surface area contributed by atoms with Gasteiger partial charge < -0.3 is 19.5 Å². The summed E-state index contributed by atoms with van der Waals surface area (Å²) in [5, 5.41) is 7.30. The van der Waals surface area contributed by atoms with Crippen molar-refractivity contribution < 1.29 is 14.1 Å². The molecule has 1 aliphatic heterocycles. The summed E-state index contributed by atoms with van der Waals surface area (Å²) in [6, 6.07) is 7.76. The van der Waals surface area contributed by atoms with Gasteiger partial charge in [-0.15, -0.1) is 0 Å². The molecule has 3 rings (SSSR count). The first-order chi connectivity index (χ1) is 12.2. The highest BCUT2D eigenvalue weighted by Gasteiger charge is 2.22. The molecule has 1 atom stereocenters. The number of aromatic nitrogens is 2. The molecule has 7 heteroatoms. The molecule has 1 N–H and O–H groups in total. The monoisotopic (exact) mass is 344 g/mol. The highest BCUT2D eigenvalue weighted by atomic mass is 16.5. The molecule has 1 aromatic carbocycles. The van der Waals surface area contributed by atoms with Crippen LogP contribution in [0.25, 0.3) is 11.4 Å². The Bertz CT molecular complexity index is 699. The Morgan fingerprint density at radius 1 is 1.40 bits per heavy atom. The molecule has 7 nitrogen and oxygen atoms in total. The van der Waals surface area contributed by atoms with Crippen LogP contribution in [0.2, 0.25) is 0 Å². The lowest BCUT2D eigenvalue weighted by atomic mass is 10.1. The van der Waals surface area contributed by atoms with E-state index < -0.39 is 0 Å². The Labute approximate surface area is 147 Å². The number of rotatable bonds is 6. The highest BCUT2D eigenvalue weighted by molar-refractivity contribution is 5.76. The van der Waals surface area contributed by atoms with E-state index in [2.05, 4.69) is 22.4 Å². The summed E-state index contributed by atoms with van der Waals surface area (Å²) < 4.78 is 10.4. The Morgan fingerprint density at radius 3 is 2.92 bits per heavy atom. The predicted octanol–water partition coefficient (Wildman–Crippen LogP) is 1.89. The van der Waals surface area contributed by atoms with Crippen molar-refractivity contribution in [1.29, 1.82) is 0 Å². The zero-order chi connectivity index (χ0) is 17.6. The number of hydrogen-bond acceptors (Lipinski definition) is 6. The Balaban J connectivity index is 1.50. The maximum absolute atomic E-state index is 12.3. The van der Waals surface area contributed by atoms with Gasteiger partial charge in [-0.3, -0.25) is 4.79 Å². The van der Waals surface area contributed by atoms with Crippen molar-refractivity contribution >= 4 is 5.91 Å². The van der Waals surface area contributed by atoms with E-state index in [1.165, 1.54) is 0 Å². The van der Waals surface area contributed by atoms with Crippen LogP contribution < -0.4 is 10.1 Å². The van der Waals surface area contributed by atoms with Crippen molar-refractivity contribution in [2.24, 2.45) is 0 Å². The van der Waals surface area contributed by atoms with Gasteiger partial charge in [0.2, 0.25) is 17.6 Å². The van der Waals surface area contributed by atoms with Gasteiger partial charge in [0, 0.05) is 44.1 Å². The normalized spacial score (nSPS) is 17.5. The van der Waals surface area contributed by atoms with Gasteiger partial charge in [0.1, 0.15) is 5.75 Å². The fourth-order valence-electron chi connectivity index (χ4n) is 2.96. The fraction of sp³-hybridized carbons (Fsp3) is 0.500.